The molecule has 3 aromatic heterocycles. The van der Waals surface area contributed by atoms with Gasteiger partial charge >= 0.3 is 6.18 Å². The maximum Gasteiger partial charge on any atom is 0.399 e. The minimum Gasteiger partial charge on any atom is -0.476 e. The van der Waals surface area contributed by atoms with Gasteiger partial charge in [-0.1, -0.05) is 6.92 Å². The lowest BCUT2D eigenvalue weighted by atomic mass is 9.92. The highest BCUT2D eigenvalue weighted by Gasteiger charge is 2.51. The molecule has 4 rings (SSSR count). The number of nitrogens with zero attached hydrogens (tertiary/aromatic N) is 6. The largest absolute Gasteiger partial charge is 0.476 e. The highest BCUT2D eigenvalue weighted by Crippen LogP contribution is 2.40. The van der Waals surface area contributed by atoms with Crippen molar-refractivity contribution in [3.8, 4) is 11.7 Å². The lowest BCUT2D eigenvalue weighted by Gasteiger charge is -2.34. The third kappa shape index (κ3) is 5.31. The Bertz CT molecular complexity index is 1340. The fourth-order valence-electron chi connectivity index (χ4n) is 4.69. The van der Waals surface area contributed by atoms with Crippen LogP contribution in [0.3, 0.4) is 0 Å². The maximum atomic E-state index is 13.7. The number of pyridine rings is 1. The van der Waals surface area contributed by atoms with Crippen LogP contribution in [0.5, 0.6) is 5.88 Å². The first-order chi connectivity index (χ1) is 17.6. The molecular formula is C25H33F3N6O3S. The number of aromatic nitrogens is 5. The Hall–Kier alpha value is -2.93. The Morgan fingerprint density at radius 2 is 1.92 bits per heavy atom. The molecule has 0 aromatic carbocycles. The highest BCUT2D eigenvalue weighted by atomic mass is 32.2. The van der Waals surface area contributed by atoms with Crippen LogP contribution >= 0.6 is 0 Å². The number of ether oxygens (including phenoxy) is 1. The monoisotopic (exact) mass is 554 g/mol. The first-order valence-electron chi connectivity index (χ1n) is 12.2. The normalized spacial score (nSPS) is 19.9. The van der Waals surface area contributed by atoms with Gasteiger partial charge in [0.2, 0.25) is 5.88 Å². The van der Waals surface area contributed by atoms with E-state index in [0.29, 0.717) is 33.0 Å². The average Bonchev–Trinajstić information content (AvgIpc) is 3.51. The van der Waals surface area contributed by atoms with Crippen molar-refractivity contribution >= 4 is 16.6 Å². The third-order valence-electron chi connectivity index (χ3n) is 6.89. The average molecular weight is 555 g/mol. The molecule has 0 amide bonds. The van der Waals surface area contributed by atoms with Gasteiger partial charge in [0, 0.05) is 37.6 Å². The van der Waals surface area contributed by atoms with E-state index in [2.05, 4.69) is 35.9 Å². The number of rotatable bonds is 8. The van der Waals surface area contributed by atoms with E-state index in [0.717, 1.165) is 19.9 Å². The molecule has 0 aliphatic carbocycles. The standard InChI is InChI=1S/C25H33F3N6O3S/c1-16-11-23(3,4)33(12-16)22-18(38(36)19-13-32(6)30-17(19)2)7-8-20(29-22)34-10-9-21(31-34)37-15-24(5,14-35)25(26,27)28/h7-10,13,16,35H,11-12,14-15H2,1-6H3. The number of halogens is 3. The Balaban J connectivity index is 1.69. The molecule has 1 N–H and O–H groups in total. The van der Waals surface area contributed by atoms with Crippen LogP contribution in [0.2, 0.25) is 0 Å². The van der Waals surface area contributed by atoms with Gasteiger partial charge in [-0.05, 0) is 52.2 Å². The molecule has 1 aliphatic heterocycles. The van der Waals surface area contributed by atoms with Crippen LogP contribution in [0.4, 0.5) is 19.0 Å². The van der Waals surface area contributed by atoms with E-state index in [4.69, 9.17) is 9.72 Å². The lowest BCUT2D eigenvalue weighted by Crippen LogP contribution is -2.43. The molecule has 0 spiro atoms. The minimum absolute atomic E-state index is 0.0361. The molecule has 13 heteroatoms. The van der Waals surface area contributed by atoms with Gasteiger partial charge < -0.3 is 14.7 Å². The van der Waals surface area contributed by atoms with Crippen LogP contribution in [0.25, 0.3) is 5.82 Å². The molecule has 38 heavy (non-hydrogen) atoms. The summed E-state index contributed by atoms with van der Waals surface area (Å²) in [7, 11) is 0.230. The summed E-state index contributed by atoms with van der Waals surface area (Å²) in [5.74, 6) is 1.32. The molecule has 1 saturated heterocycles. The van der Waals surface area contributed by atoms with Crippen molar-refractivity contribution in [2.24, 2.45) is 18.4 Å². The second-order valence-corrected chi connectivity index (χ2v) is 12.3. The molecule has 3 aromatic rings. The summed E-state index contributed by atoms with van der Waals surface area (Å²) in [6, 6.07) is 4.84. The van der Waals surface area contributed by atoms with Crippen molar-refractivity contribution in [3.63, 3.8) is 0 Å². The molecule has 9 nitrogen and oxygen atoms in total. The Morgan fingerprint density at radius 1 is 1.21 bits per heavy atom. The summed E-state index contributed by atoms with van der Waals surface area (Å²) < 4.78 is 62.0. The van der Waals surface area contributed by atoms with E-state index < -0.39 is 35.6 Å². The van der Waals surface area contributed by atoms with E-state index in [9.17, 15) is 22.5 Å². The van der Waals surface area contributed by atoms with Crippen molar-refractivity contribution in [1.29, 1.82) is 0 Å². The van der Waals surface area contributed by atoms with Gasteiger partial charge in [0.05, 0.1) is 32.9 Å². The second kappa shape index (κ2) is 9.99. The summed E-state index contributed by atoms with van der Waals surface area (Å²) in [5.41, 5.74) is -1.99. The van der Waals surface area contributed by atoms with Crippen LogP contribution in [0.15, 0.2) is 40.4 Å². The molecule has 0 bridgehead atoms. The Kier molecular flexibility index (Phi) is 7.38. The fraction of sp³-hybridized carbons (Fsp3) is 0.560. The van der Waals surface area contributed by atoms with Gasteiger partial charge in [0.15, 0.2) is 5.82 Å². The Morgan fingerprint density at radius 3 is 2.47 bits per heavy atom. The predicted octanol–water partition coefficient (Wildman–Crippen LogP) is 4.04. The van der Waals surface area contributed by atoms with E-state index in [1.54, 1.807) is 30.1 Å². The van der Waals surface area contributed by atoms with Crippen molar-refractivity contribution < 1.29 is 27.2 Å². The second-order valence-electron chi connectivity index (χ2n) is 10.8. The van der Waals surface area contributed by atoms with E-state index in [1.165, 1.54) is 16.9 Å². The van der Waals surface area contributed by atoms with Crippen molar-refractivity contribution in [2.45, 2.75) is 62.5 Å². The minimum atomic E-state index is -4.64. The van der Waals surface area contributed by atoms with Crippen LogP contribution in [0, 0.1) is 18.3 Å². The summed E-state index contributed by atoms with van der Waals surface area (Å²) in [6.45, 7) is 7.92. The summed E-state index contributed by atoms with van der Waals surface area (Å²) >= 11 is 0. The molecular weight excluding hydrogens is 521 g/mol. The van der Waals surface area contributed by atoms with Crippen molar-refractivity contribution in [1.82, 2.24) is 24.5 Å². The zero-order chi connectivity index (χ0) is 28.0. The van der Waals surface area contributed by atoms with E-state index in [-0.39, 0.29) is 11.4 Å². The van der Waals surface area contributed by atoms with E-state index in [1.807, 2.05) is 6.92 Å². The van der Waals surface area contributed by atoms with Crippen molar-refractivity contribution in [3.05, 3.63) is 36.3 Å². The van der Waals surface area contributed by atoms with Crippen LogP contribution in [-0.2, 0) is 17.8 Å². The fourth-order valence-corrected chi connectivity index (χ4v) is 6.00. The van der Waals surface area contributed by atoms with Crippen LogP contribution in [0.1, 0.15) is 39.8 Å². The number of aliphatic hydroxyl groups is 1. The number of hydrogen-bond acceptors (Lipinski definition) is 7. The van der Waals surface area contributed by atoms with Crippen molar-refractivity contribution in [2.75, 3.05) is 24.7 Å². The number of anilines is 1. The third-order valence-corrected chi connectivity index (χ3v) is 8.41. The zero-order valence-electron chi connectivity index (χ0n) is 22.3. The van der Waals surface area contributed by atoms with Gasteiger partial charge in [-0.2, -0.15) is 18.3 Å². The molecule has 208 valence electrons. The first kappa shape index (κ1) is 28.1. The lowest BCUT2D eigenvalue weighted by molar-refractivity contribution is -0.237. The summed E-state index contributed by atoms with van der Waals surface area (Å²) in [4.78, 5) is 8.13. The van der Waals surface area contributed by atoms with Gasteiger partial charge in [-0.25, -0.2) is 13.9 Å². The van der Waals surface area contributed by atoms with Gasteiger partial charge in [-0.3, -0.25) is 4.68 Å². The molecule has 3 atom stereocenters. The van der Waals surface area contributed by atoms with E-state index >= 15 is 0 Å². The Labute approximate surface area is 222 Å². The summed E-state index contributed by atoms with van der Waals surface area (Å²) in [5, 5.41) is 17.8. The highest BCUT2D eigenvalue weighted by molar-refractivity contribution is 7.85. The van der Waals surface area contributed by atoms with Gasteiger partial charge in [0.1, 0.15) is 17.8 Å². The number of alkyl halides is 3. The SMILES string of the molecule is Cc1nn(C)cc1S(=O)c1ccc(-n2ccc(OCC(C)(CO)C(F)(F)F)n2)nc1N1CC(C)CC1(C)C. The smallest absolute Gasteiger partial charge is 0.399 e. The predicted molar refractivity (Wildman–Crippen MR) is 136 cm³/mol. The number of aliphatic hydroxyl groups excluding tert-OH is 1. The number of aryl methyl sites for hydroxylation is 2. The molecule has 0 radical (unpaired) electrons. The topological polar surface area (TPSA) is 98.3 Å². The molecule has 3 unspecified atom stereocenters. The van der Waals surface area contributed by atoms with Gasteiger partial charge in [-0.15, -0.1) is 5.10 Å². The first-order valence-corrected chi connectivity index (χ1v) is 13.4. The maximum absolute atomic E-state index is 13.7. The molecule has 1 fully saturated rings. The summed E-state index contributed by atoms with van der Waals surface area (Å²) in [6.07, 6.45) is -0.442. The molecule has 0 saturated carbocycles. The number of hydrogen-bond donors (Lipinski definition) is 1. The van der Waals surface area contributed by atoms with Crippen LogP contribution in [-0.4, -0.2) is 65.3 Å². The zero-order valence-corrected chi connectivity index (χ0v) is 23.1. The molecule has 4 heterocycles. The quantitative estimate of drug-likeness (QED) is 0.449. The van der Waals surface area contributed by atoms with Gasteiger partial charge in [0.25, 0.3) is 0 Å². The van der Waals surface area contributed by atoms with Crippen LogP contribution < -0.4 is 9.64 Å². The molecule has 1 aliphatic rings.